The number of halogens is 4. The summed E-state index contributed by atoms with van der Waals surface area (Å²) in [5.74, 6) is -6.45. The molecule has 0 radical (unpaired) electrons. The van der Waals surface area contributed by atoms with E-state index in [1.54, 1.807) is 24.7 Å². The van der Waals surface area contributed by atoms with E-state index in [0.717, 1.165) is 30.8 Å². The SMILES string of the molecule is O=C(C1=CCc2ncc(-c3cnc(C4CC4)nc3)cc21)c1c(F)ccc(CS(=O)(=O)N2CCC(F)(F)C2)c1F. The molecule has 0 spiro atoms. The number of nitrogens with zero attached hydrogens (tertiary/aromatic N) is 4. The number of allylic oxidation sites excluding steroid dienone is 2. The summed E-state index contributed by atoms with van der Waals surface area (Å²) < 4.78 is 83.4. The summed E-state index contributed by atoms with van der Waals surface area (Å²) in [7, 11) is -4.33. The van der Waals surface area contributed by atoms with Crippen LogP contribution in [0.15, 0.2) is 42.9 Å². The van der Waals surface area contributed by atoms with E-state index in [0.29, 0.717) is 32.6 Å². The van der Waals surface area contributed by atoms with Gasteiger partial charge >= 0.3 is 0 Å². The zero-order chi connectivity index (χ0) is 27.5. The van der Waals surface area contributed by atoms with Crippen molar-refractivity contribution < 1.29 is 30.8 Å². The second-order valence-corrected chi connectivity index (χ2v) is 12.0. The van der Waals surface area contributed by atoms with E-state index in [9.17, 15) is 26.4 Å². The Morgan fingerprint density at radius 2 is 1.77 bits per heavy atom. The molecule has 0 N–H and O–H groups in total. The second kappa shape index (κ2) is 9.30. The van der Waals surface area contributed by atoms with Crippen molar-refractivity contribution in [3.8, 4) is 11.1 Å². The third-order valence-corrected chi connectivity index (χ3v) is 8.99. The van der Waals surface area contributed by atoms with Crippen LogP contribution in [0.5, 0.6) is 0 Å². The lowest BCUT2D eigenvalue weighted by Crippen LogP contribution is -2.32. The average Bonchev–Trinajstić information content (AvgIpc) is 3.56. The monoisotopic (exact) mass is 558 g/mol. The molecule has 1 saturated heterocycles. The van der Waals surface area contributed by atoms with Crippen LogP contribution in [0.1, 0.15) is 58.2 Å². The van der Waals surface area contributed by atoms with Crippen LogP contribution in [0.2, 0.25) is 0 Å². The number of carbonyl (C=O) groups is 1. The molecule has 2 aliphatic carbocycles. The van der Waals surface area contributed by atoms with Gasteiger partial charge in [-0.1, -0.05) is 12.1 Å². The summed E-state index contributed by atoms with van der Waals surface area (Å²) in [4.78, 5) is 26.6. The van der Waals surface area contributed by atoms with Gasteiger partial charge < -0.3 is 0 Å². The maximum atomic E-state index is 15.5. The van der Waals surface area contributed by atoms with Crippen LogP contribution in [0.25, 0.3) is 16.7 Å². The molecule has 202 valence electrons. The Kier molecular flexibility index (Phi) is 6.14. The molecular weight excluding hydrogens is 536 g/mol. The molecule has 3 heterocycles. The number of sulfonamides is 1. The molecule has 39 heavy (non-hydrogen) atoms. The summed E-state index contributed by atoms with van der Waals surface area (Å²) in [6.07, 6.45) is 8.23. The number of hydrogen-bond acceptors (Lipinski definition) is 6. The third kappa shape index (κ3) is 4.87. The number of hydrogen-bond donors (Lipinski definition) is 0. The van der Waals surface area contributed by atoms with Crippen molar-refractivity contribution in [1.29, 1.82) is 0 Å². The highest BCUT2D eigenvalue weighted by molar-refractivity contribution is 7.88. The number of aromatic nitrogens is 3. The first-order valence-electron chi connectivity index (χ1n) is 12.4. The van der Waals surface area contributed by atoms with Crippen molar-refractivity contribution in [2.24, 2.45) is 0 Å². The van der Waals surface area contributed by atoms with Gasteiger partial charge in [0.2, 0.25) is 10.0 Å². The van der Waals surface area contributed by atoms with Crippen LogP contribution < -0.4 is 0 Å². The van der Waals surface area contributed by atoms with Gasteiger partial charge in [-0.2, -0.15) is 4.31 Å². The first-order chi connectivity index (χ1) is 18.5. The molecular formula is C27H22F4N4O3S. The number of benzene rings is 1. The first kappa shape index (κ1) is 25.8. The molecule has 2 fully saturated rings. The highest BCUT2D eigenvalue weighted by Crippen LogP contribution is 2.38. The van der Waals surface area contributed by atoms with Crippen molar-refractivity contribution in [2.45, 2.75) is 43.3 Å². The Morgan fingerprint density at radius 1 is 1.05 bits per heavy atom. The van der Waals surface area contributed by atoms with E-state index < -0.39 is 69.8 Å². The molecule has 0 atom stereocenters. The smallest absolute Gasteiger partial charge is 0.262 e. The van der Waals surface area contributed by atoms with Gasteiger partial charge in [-0.25, -0.2) is 35.9 Å². The van der Waals surface area contributed by atoms with Crippen molar-refractivity contribution in [2.75, 3.05) is 13.1 Å². The molecule has 1 aromatic carbocycles. The van der Waals surface area contributed by atoms with Crippen LogP contribution in [0.4, 0.5) is 17.6 Å². The number of carbonyl (C=O) groups excluding carboxylic acids is 1. The van der Waals surface area contributed by atoms with E-state index in [1.807, 2.05) is 0 Å². The molecule has 2 aromatic heterocycles. The minimum atomic E-state index is -4.33. The molecule has 3 aromatic rings. The normalized spacial score (nSPS) is 18.7. The Labute approximate surface area is 221 Å². The lowest BCUT2D eigenvalue weighted by molar-refractivity contribution is 0.0183. The predicted molar refractivity (Wildman–Crippen MR) is 133 cm³/mol. The molecule has 1 aliphatic heterocycles. The standard InChI is InChI=1S/C27H22F4N4O3S/c28-21-5-3-16(13-39(37,38)35-8-7-27(30,31)14-35)24(29)23(21)25(36)19-4-6-22-20(19)9-17(10-32-22)18-11-33-26(34-12-18)15-1-2-15/h3-5,9-12,15H,1-2,6-8,13-14H2. The van der Waals surface area contributed by atoms with Gasteiger partial charge in [0.1, 0.15) is 17.5 Å². The Hall–Kier alpha value is -3.51. The lowest BCUT2D eigenvalue weighted by atomic mass is 9.96. The fourth-order valence-corrected chi connectivity index (χ4v) is 6.44. The Morgan fingerprint density at radius 3 is 2.44 bits per heavy atom. The zero-order valence-electron chi connectivity index (χ0n) is 20.5. The topological polar surface area (TPSA) is 93.1 Å². The predicted octanol–water partition coefficient (Wildman–Crippen LogP) is 4.69. The van der Waals surface area contributed by atoms with E-state index in [2.05, 4.69) is 15.0 Å². The minimum Gasteiger partial charge on any atom is -0.288 e. The van der Waals surface area contributed by atoms with Crippen molar-refractivity contribution in [1.82, 2.24) is 19.3 Å². The molecule has 0 bridgehead atoms. The van der Waals surface area contributed by atoms with Gasteiger partial charge in [0, 0.05) is 71.7 Å². The second-order valence-electron chi connectivity index (χ2n) is 10.1. The van der Waals surface area contributed by atoms with Crippen molar-refractivity contribution >= 4 is 21.4 Å². The summed E-state index contributed by atoms with van der Waals surface area (Å²) >= 11 is 0. The number of Topliss-reactive ketones (excluding diaryl/α,β-unsaturated/α-hetero) is 1. The number of pyridine rings is 1. The van der Waals surface area contributed by atoms with Crippen molar-refractivity contribution in [3.05, 3.63) is 82.7 Å². The lowest BCUT2D eigenvalue weighted by Gasteiger charge is -2.17. The quantitative estimate of drug-likeness (QED) is 0.309. The largest absolute Gasteiger partial charge is 0.288 e. The molecule has 3 aliphatic rings. The van der Waals surface area contributed by atoms with E-state index >= 15 is 4.39 Å². The summed E-state index contributed by atoms with van der Waals surface area (Å²) in [6, 6.07) is 3.41. The summed E-state index contributed by atoms with van der Waals surface area (Å²) in [5, 5.41) is 0. The molecule has 6 rings (SSSR count). The molecule has 12 heteroatoms. The summed E-state index contributed by atoms with van der Waals surface area (Å²) in [6.45, 7) is -1.41. The van der Waals surface area contributed by atoms with Gasteiger partial charge in [-0.15, -0.1) is 0 Å². The third-order valence-electron chi connectivity index (χ3n) is 7.22. The highest BCUT2D eigenvalue weighted by Gasteiger charge is 2.43. The minimum absolute atomic E-state index is 0.0341. The fraction of sp³-hybridized carbons (Fsp3) is 0.333. The molecule has 1 saturated carbocycles. The molecule has 0 amide bonds. The first-order valence-corrected chi connectivity index (χ1v) is 14.0. The highest BCUT2D eigenvalue weighted by atomic mass is 32.2. The van der Waals surface area contributed by atoms with E-state index in [4.69, 9.17) is 0 Å². The van der Waals surface area contributed by atoms with E-state index in [-0.39, 0.29) is 12.0 Å². The van der Waals surface area contributed by atoms with Gasteiger partial charge in [0.05, 0.1) is 23.6 Å². The zero-order valence-corrected chi connectivity index (χ0v) is 21.3. The maximum absolute atomic E-state index is 15.5. The van der Waals surface area contributed by atoms with Gasteiger partial charge in [-0.05, 0) is 25.0 Å². The van der Waals surface area contributed by atoms with Gasteiger partial charge in [-0.3, -0.25) is 9.78 Å². The van der Waals surface area contributed by atoms with Crippen LogP contribution in [0.3, 0.4) is 0 Å². The Bertz CT molecular complexity index is 1640. The number of fused-ring (bicyclic) bond motifs is 1. The summed E-state index contributed by atoms with van der Waals surface area (Å²) in [5.41, 5.74) is 0.897. The molecule has 7 nitrogen and oxygen atoms in total. The Balaban J connectivity index is 1.29. The van der Waals surface area contributed by atoms with Crippen molar-refractivity contribution in [3.63, 3.8) is 0 Å². The number of ketones is 1. The van der Waals surface area contributed by atoms with Crippen LogP contribution in [-0.4, -0.2) is 52.5 Å². The number of rotatable bonds is 7. The average molecular weight is 559 g/mol. The number of alkyl halides is 2. The van der Waals surface area contributed by atoms with Gasteiger partial charge in [0.15, 0.2) is 5.78 Å². The van der Waals surface area contributed by atoms with Crippen LogP contribution in [0, 0.1) is 11.6 Å². The molecule has 0 unspecified atom stereocenters. The van der Waals surface area contributed by atoms with Gasteiger partial charge in [0.25, 0.3) is 5.92 Å². The maximum Gasteiger partial charge on any atom is 0.262 e. The van der Waals surface area contributed by atoms with E-state index in [1.165, 1.54) is 6.08 Å². The van der Waals surface area contributed by atoms with Crippen LogP contribution in [-0.2, 0) is 22.2 Å². The van der Waals surface area contributed by atoms with Crippen LogP contribution >= 0.6 is 0 Å². The fourth-order valence-electron chi connectivity index (χ4n) is 4.89.